The largest absolute Gasteiger partial charge is 0.465 e. The maximum Gasteiger partial charge on any atom is 0.263 e. The first-order valence-electron chi connectivity index (χ1n) is 7.08. The Hall–Kier alpha value is -2.91. The molecule has 0 radical (unpaired) electrons. The van der Waals surface area contributed by atoms with E-state index < -0.39 is 10.0 Å². The number of thiazole rings is 1. The summed E-state index contributed by atoms with van der Waals surface area (Å²) in [4.78, 5) is 15.8. The quantitative estimate of drug-likeness (QED) is 0.644. The van der Waals surface area contributed by atoms with Gasteiger partial charge in [0.1, 0.15) is 5.76 Å². The molecule has 3 rings (SSSR count). The first-order valence-corrected chi connectivity index (χ1v) is 9.44. The molecule has 2 aromatic heterocycles. The number of amides is 1. The van der Waals surface area contributed by atoms with Crippen LogP contribution in [0.25, 0.3) is 6.08 Å². The normalized spacial score (nSPS) is 11.5. The molecule has 1 aromatic carbocycles. The van der Waals surface area contributed by atoms with Crippen molar-refractivity contribution < 1.29 is 17.6 Å². The molecule has 0 fully saturated rings. The van der Waals surface area contributed by atoms with Gasteiger partial charge in [-0.05, 0) is 42.5 Å². The second-order valence-electron chi connectivity index (χ2n) is 4.81. The Balaban J connectivity index is 1.64. The van der Waals surface area contributed by atoms with E-state index in [0.717, 1.165) is 0 Å². The van der Waals surface area contributed by atoms with Gasteiger partial charge >= 0.3 is 0 Å². The van der Waals surface area contributed by atoms with E-state index in [0.29, 0.717) is 16.6 Å². The van der Waals surface area contributed by atoms with Gasteiger partial charge < -0.3 is 9.73 Å². The highest BCUT2D eigenvalue weighted by Crippen LogP contribution is 2.19. The van der Waals surface area contributed by atoms with Gasteiger partial charge in [0.15, 0.2) is 5.13 Å². The van der Waals surface area contributed by atoms with Gasteiger partial charge in [-0.3, -0.25) is 9.52 Å². The minimum atomic E-state index is -3.71. The lowest BCUT2D eigenvalue weighted by molar-refractivity contribution is -0.111. The zero-order valence-corrected chi connectivity index (χ0v) is 14.4. The van der Waals surface area contributed by atoms with Crippen molar-refractivity contribution in [2.24, 2.45) is 0 Å². The molecule has 2 heterocycles. The van der Waals surface area contributed by atoms with Crippen molar-refractivity contribution in [1.29, 1.82) is 0 Å². The summed E-state index contributed by atoms with van der Waals surface area (Å²) in [6, 6.07) is 9.27. The zero-order valence-electron chi connectivity index (χ0n) is 12.7. The fourth-order valence-electron chi connectivity index (χ4n) is 1.89. The molecule has 2 N–H and O–H groups in total. The number of rotatable bonds is 6. The van der Waals surface area contributed by atoms with E-state index in [2.05, 4.69) is 15.0 Å². The zero-order chi connectivity index (χ0) is 17.7. The number of furan rings is 1. The second kappa shape index (κ2) is 7.32. The summed E-state index contributed by atoms with van der Waals surface area (Å²) >= 11 is 1.19. The molecule has 0 atom stereocenters. The molecular formula is C16H13N3O4S2. The lowest BCUT2D eigenvalue weighted by Crippen LogP contribution is -2.13. The summed E-state index contributed by atoms with van der Waals surface area (Å²) in [6.45, 7) is 0. The number of sulfonamides is 1. The molecule has 0 aliphatic carbocycles. The van der Waals surface area contributed by atoms with Crippen LogP contribution in [0, 0.1) is 0 Å². The predicted molar refractivity (Wildman–Crippen MR) is 95.7 cm³/mol. The molecule has 0 saturated heterocycles. The Morgan fingerprint density at radius 3 is 2.64 bits per heavy atom. The molecule has 0 saturated carbocycles. The van der Waals surface area contributed by atoms with Gasteiger partial charge in [0, 0.05) is 23.3 Å². The van der Waals surface area contributed by atoms with E-state index >= 15 is 0 Å². The van der Waals surface area contributed by atoms with Gasteiger partial charge in [-0.2, -0.15) is 0 Å². The molecule has 25 heavy (non-hydrogen) atoms. The highest BCUT2D eigenvalue weighted by atomic mass is 32.2. The minimum absolute atomic E-state index is 0.0758. The first-order chi connectivity index (χ1) is 12.0. The summed E-state index contributed by atoms with van der Waals surface area (Å²) in [5.74, 6) is 0.206. The van der Waals surface area contributed by atoms with Crippen molar-refractivity contribution in [3.63, 3.8) is 0 Å². The number of hydrogen-bond donors (Lipinski definition) is 2. The van der Waals surface area contributed by atoms with Crippen molar-refractivity contribution in [2.45, 2.75) is 4.90 Å². The third-order valence-electron chi connectivity index (χ3n) is 3.03. The van der Waals surface area contributed by atoms with Crippen molar-refractivity contribution in [2.75, 3.05) is 10.0 Å². The smallest absolute Gasteiger partial charge is 0.263 e. The van der Waals surface area contributed by atoms with Crippen LogP contribution in [-0.4, -0.2) is 19.3 Å². The maximum atomic E-state index is 12.2. The van der Waals surface area contributed by atoms with Crippen LogP contribution in [0.5, 0.6) is 0 Å². The number of anilines is 2. The summed E-state index contributed by atoms with van der Waals surface area (Å²) in [7, 11) is -3.71. The third kappa shape index (κ3) is 4.55. The monoisotopic (exact) mass is 375 g/mol. The third-order valence-corrected chi connectivity index (χ3v) is 5.20. The fraction of sp³-hybridized carbons (Fsp3) is 0. The van der Waals surface area contributed by atoms with Crippen LogP contribution in [0.3, 0.4) is 0 Å². The lowest BCUT2D eigenvalue weighted by Gasteiger charge is -2.07. The predicted octanol–water partition coefficient (Wildman–Crippen LogP) is 3.19. The van der Waals surface area contributed by atoms with E-state index in [1.807, 2.05) is 0 Å². The lowest BCUT2D eigenvalue weighted by atomic mass is 10.3. The van der Waals surface area contributed by atoms with Crippen LogP contribution in [-0.2, 0) is 14.8 Å². The number of nitrogens with one attached hydrogen (secondary N) is 2. The molecule has 1 amide bonds. The van der Waals surface area contributed by atoms with Crippen molar-refractivity contribution in [1.82, 2.24) is 4.98 Å². The average Bonchev–Trinajstić information content (AvgIpc) is 3.27. The summed E-state index contributed by atoms with van der Waals surface area (Å²) in [5, 5.41) is 4.60. The van der Waals surface area contributed by atoms with Crippen LogP contribution in [0.1, 0.15) is 5.76 Å². The molecular weight excluding hydrogens is 362 g/mol. The highest BCUT2D eigenvalue weighted by molar-refractivity contribution is 7.93. The van der Waals surface area contributed by atoms with Crippen LogP contribution in [0.2, 0.25) is 0 Å². The van der Waals surface area contributed by atoms with Crippen LogP contribution in [0.15, 0.2) is 69.6 Å². The van der Waals surface area contributed by atoms with E-state index in [1.54, 1.807) is 17.5 Å². The molecule has 0 unspecified atom stereocenters. The Morgan fingerprint density at radius 1 is 1.20 bits per heavy atom. The maximum absolute atomic E-state index is 12.2. The second-order valence-corrected chi connectivity index (χ2v) is 7.38. The number of aromatic nitrogens is 1. The van der Waals surface area contributed by atoms with Gasteiger partial charge in [-0.15, -0.1) is 11.3 Å². The topological polar surface area (TPSA) is 101 Å². The van der Waals surface area contributed by atoms with Gasteiger partial charge in [0.2, 0.25) is 5.91 Å². The molecule has 0 aliphatic rings. The SMILES string of the molecule is O=C(/C=C\c1ccco1)Nc1ccc(S(=O)(=O)Nc2nccs2)cc1. The molecule has 9 heteroatoms. The number of carbonyl (C=O) groups is 1. The minimum Gasteiger partial charge on any atom is -0.465 e. The van der Waals surface area contributed by atoms with Gasteiger partial charge in [-0.25, -0.2) is 13.4 Å². The van der Waals surface area contributed by atoms with Crippen molar-refractivity contribution in [3.8, 4) is 0 Å². The molecule has 7 nitrogen and oxygen atoms in total. The van der Waals surface area contributed by atoms with Crippen LogP contribution < -0.4 is 10.0 Å². The summed E-state index contributed by atoms with van der Waals surface area (Å²) in [5.41, 5.74) is 0.474. The van der Waals surface area contributed by atoms with Gasteiger partial charge in [0.05, 0.1) is 11.2 Å². The van der Waals surface area contributed by atoms with Gasteiger partial charge in [-0.1, -0.05) is 0 Å². The number of benzene rings is 1. The number of nitrogens with zero attached hydrogens (tertiary/aromatic N) is 1. The van der Waals surface area contributed by atoms with Gasteiger partial charge in [0.25, 0.3) is 10.0 Å². The fourth-order valence-corrected chi connectivity index (χ4v) is 3.68. The van der Waals surface area contributed by atoms with E-state index in [4.69, 9.17) is 4.42 Å². The van der Waals surface area contributed by atoms with E-state index in [-0.39, 0.29) is 10.8 Å². The standard InChI is InChI=1S/C16H13N3O4S2/c20-15(8-5-13-2-1-10-23-13)18-12-3-6-14(7-4-12)25(21,22)19-16-17-9-11-24-16/h1-11H,(H,17,19)(H,18,20)/b8-5-. The average molecular weight is 375 g/mol. The molecule has 128 valence electrons. The molecule has 0 spiro atoms. The Bertz CT molecular complexity index is 961. The summed E-state index contributed by atoms with van der Waals surface area (Å²) in [6.07, 6.45) is 5.88. The van der Waals surface area contributed by atoms with Crippen molar-refractivity contribution in [3.05, 3.63) is 66.1 Å². The molecule has 0 bridgehead atoms. The first kappa shape index (κ1) is 16.9. The number of carbonyl (C=O) groups excluding carboxylic acids is 1. The molecule has 0 aliphatic heterocycles. The van der Waals surface area contributed by atoms with E-state index in [1.165, 1.54) is 60.2 Å². The number of hydrogen-bond acceptors (Lipinski definition) is 6. The Labute approximate surface area is 148 Å². The van der Waals surface area contributed by atoms with E-state index in [9.17, 15) is 13.2 Å². The Kier molecular flexibility index (Phi) is 4.96. The highest BCUT2D eigenvalue weighted by Gasteiger charge is 2.15. The Morgan fingerprint density at radius 2 is 2.00 bits per heavy atom. The molecule has 3 aromatic rings. The van der Waals surface area contributed by atoms with Crippen LogP contribution in [0.4, 0.5) is 10.8 Å². The summed E-state index contributed by atoms with van der Waals surface area (Å²) < 4.78 is 31.9. The van der Waals surface area contributed by atoms with Crippen molar-refractivity contribution >= 4 is 44.2 Å². The van der Waals surface area contributed by atoms with Crippen LogP contribution >= 0.6 is 11.3 Å².